The molecule has 0 saturated heterocycles. The molecule has 0 atom stereocenters. The van der Waals surface area contributed by atoms with Gasteiger partial charge in [-0.2, -0.15) is 0 Å². The van der Waals surface area contributed by atoms with Gasteiger partial charge in [0.1, 0.15) is 5.75 Å². The largest absolute Gasteiger partial charge is 0.496 e. The van der Waals surface area contributed by atoms with Crippen molar-refractivity contribution >= 4 is 17.3 Å². The molecule has 6 nitrogen and oxygen atoms in total. The van der Waals surface area contributed by atoms with E-state index in [1.165, 1.54) is 6.07 Å². The SMILES string of the molecule is COc1ccc(NC(=O)Cc2ccccc2[N+](=O)[O-])cc1Cc1ccccc1. The van der Waals surface area contributed by atoms with Crippen LogP contribution in [0.2, 0.25) is 0 Å². The summed E-state index contributed by atoms with van der Waals surface area (Å²) in [5.41, 5.74) is 3.01. The molecule has 0 unspecified atom stereocenters. The zero-order chi connectivity index (χ0) is 19.9. The van der Waals surface area contributed by atoms with E-state index in [9.17, 15) is 14.9 Å². The van der Waals surface area contributed by atoms with Gasteiger partial charge in [-0.25, -0.2) is 0 Å². The van der Waals surface area contributed by atoms with Crippen LogP contribution < -0.4 is 10.1 Å². The van der Waals surface area contributed by atoms with Gasteiger partial charge < -0.3 is 10.1 Å². The van der Waals surface area contributed by atoms with Crippen LogP contribution in [0.4, 0.5) is 11.4 Å². The second kappa shape index (κ2) is 8.81. The van der Waals surface area contributed by atoms with Crippen LogP contribution in [0.1, 0.15) is 16.7 Å². The van der Waals surface area contributed by atoms with Gasteiger partial charge in [-0.15, -0.1) is 0 Å². The van der Waals surface area contributed by atoms with E-state index in [4.69, 9.17) is 4.74 Å². The number of carbonyl (C=O) groups is 1. The monoisotopic (exact) mass is 376 g/mol. The van der Waals surface area contributed by atoms with Gasteiger partial charge in [0.2, 0.25) is 5.91 Å². The quantitative estimate of drug-likeness (QED) is 0.490. The fourth-order valence-electron chi connectivity index (χ4n) is 3.03. The normalized spacial score (nSPS) is 10.3. The van der Waals surface area contributed by atoms with Gasteiger partial charge in [-0.3, -0.25) is 14.9 Å². The average Bonchev–Trinajstić information content (AvgIpc) is 2.69. The average molecular weight is 376 g/mol. The van der Waals surface area contributed by atoms with Crippen molar-refractivity contribution in [1.82, 2.24) is 0 Å². The van der Waals surface area contributed by atoms with Crippen molar-refractivity contribution in [2.45, 2.75) is 12.8 Å². The number of methoxy groups -OCH3 is 1. The number of nitrogens with zero attached hydrogens (tertiary/aromatic N) is 1. The third-order valence-corrected chi connectivity index (χ3v) is 4.34. The van der Waals surface area contributed by atoms with Gasteiger partial charge in [-0.05, 0) is 23.8 Å². The summed E-state index contributed by atoms with van der Waals surface area (Å²) in [5, 5.41) is 13.9. The molecular formula is C22H20N2O4. The van der Waals surface area contributed by atoms with Crippen LogP contribution >= 0.6 is 0 Å². The Hall–Kier alpha value is -3.67. The lowest BCUT2D eigenvalue weighted by molar-refractivity contribution is -0.385. The van der Waals surface area contributed by atoms with Gasteiger partial charge in [0.05, 0.1) is 18.5 Å². The molecule has 0 aliphatic rings. The fourth-order valence-corrected chi connectivity index (χ4v) is 3.03. The molecule has 142 valence electrons. The number of rotatable bonds is 7. The van der Waals surface area contributed by atoms with Crippen molar-refractivity contribution in [3.8, 4) is 5.75 Å². The Kier molecular flexibility index (Phi) is 6.01. The molecule has 6 heteroatoms. The molecule has 0 spiro atoms. The summed E-state index contributed by atoms with van der Waals surface area (Å²) >= 11 is 0. The lowest BCUT2D eigenvalue weighted by atomic mass is 10.0. The predicted molar refractivity (Wildman–Crippen MR) is 108 cm³/mol. The number of benzene rings is 3. The van der Waals surface area contributed by atoms with Crippen LogP contribution in [-0.4, -0.2) is 17.9 Å². The number of anilines is 1. The van der Waals surface area contributed by atoms with Gasteiger partial charge in [-0.1, -0.05) is 48.5 Å². The number of para-hydroxylation sites is 1. The standard InChI is InChI=1S/C22H20N2O4/c1-28-21-12-11-19(14-18(21)13-16-7-3-2-4-8-16)23-22(25)15-17-9-5-6-10-20(17)24(26)27/h2-12,14H,13,15H2,1H3,(H,23,25). The van der Waals surface area contributed by atoms with Crippen LogP contribution in [0, 0.1) is 10.1 Å². The summed E-state index contributed by atoms with van der Waals surface area (Å²) in [4.78, 5) is 23.0. The first-order valence-corrected chi connectivity index (χ1v) is 8.80. The summed E-state index contributed by atoms with van der Waals surface area (Å²) in [6, 6.07) is 21.6. The van der Waals surface area contributed by atoms with Crippen molar-refractivity contribution in [1.29, 1.82) is 0 Å². The van der Waals surface area contributed by atoms with E-state index >= 15 is 0 Å². The smallest absolute Gasteiger partial charge is 0.273 e. The van der Waals surface area contributed by atoms with Gasteiger partial charge >= 0.3 is 0 Å². The second-order valence-electron chi connectivity index (χ2n) is 6.30. The Labute approximate surface area is 162 Å². The maximum Gasteiger partial charge on any atom is 0.273 e. The third-order valence-electron chi connectivity index (χ3n) is 4.34. The number of hydrogen-bond donors (Lipinski definition) is 1. The Morgan fingerprint density at radius 3 is 2.43 bits per heavy atom. The number of nitro benzene ring substituents is 1. The van der Waals surface area contributed by atoms with Crippen LogP contribution in [0.3, 0.4) is 0 Å². The molecule has 28 heavy (non-hydrogen) atoms. The first-order chi connectivity index (χ1) is 13.6. The van der Waals surface area contributed by atoms with Gasteiger partial charge in [0.25, 0.3) is 5.69 Å². The zero-order valence-corrected chi connectivity index (χ0v) is 15.4. The minimum atomic E-state index is -0.478. The van der Waals surface area contributed by atoms with Crippen molar-refractivity contribution in [2.24, 2.45) is 0 Å². The van der Waals surface area contributed by atoms with Crippen LogP contribution in [0.15, 0.2) is 72.8 Å². The van der Waals surface area contributed by atoms with Gasteiger partial charge in [0, 0.05) is 29.3 Å². The highest BCUT2D eigenvalue weighted by atomic mass is 16.6. The highest BCUT2D eigenvalue weighted by molar-refractivity contribution is 5.93. The Morgan fingerprint density at radius 1 is 1.00 bits per heavy atom. The lowest BCUT2D eigenvalue weighted by Gasteiger charge is -2.12. The third kappa shape index (κ3) is 4.73. The molecule has 0 fully saturated rings. The minimum Gasteiger partial charge on any atom is -0.496 e. The highest BCUT2D eigenvalue weighted by Crippen LogP contribution is 2.26. The minimum absolute atomic E-state index is 0.0582. The predicted octanol–water partition coefficient (Wildman–Crippen LogP) is 4.38. The molecule has 0 aromatic heterocycles. The molecule has 3 aromatic carbocycles. The second-order valence-corrected chi connectivity index (χ2v) is 6.30. The lowest BCUT2D eigenvalue weighted by Crippen LogP contribution is -2.15. The van der Waals surface area contributed by atoms with Crippen molar-refractivity contribution < 1.29 is 14.5 Å². The number of amides is 1. The molecule has 0 heterocycles. The van der Waals surface area contributed by atoms with Crippen molar-refractivity contribution in [3.05, 3.63) is 99.6 Å². The molecule has 3 rings (SSSR count). The van der Waals surface area contributed by atoms with E-state index in [1.807, 2.05) is 36.4 Å². The summed E-state index contributed by atoms with van der Waals surface area (Å²) < 4.78 is 5.43. The van der Waals surface area contributed by atoms with Crippen molar-refractivity contribution in [2.75, 3.05) is 12.4 Å². The van der Waals surface area contributed by atoms with E-state index in [-0.39, 0.29) is 18.0 Å². The van der Waals surface area contributed by atoms with E-state index in [0.717, 1.165) is 16.9 Å². The van der Waals surface area contributed by atoms with Crippen LogP contribution in [0.25, 0.3) is 0 Å². The zero-order valence-electron chi connectivity index (χ0n) is 15.4. The van der Waals surface area contributed by atoms with E-state index in [0.29, 0.717) is 17.7 Å². The number of hydrogen-bond acceptors (Lipinski definition) is 4. The van der Waals surface area contributed by atoms with E-state index in [1.54, 1.807) is 37.4 Å². The molecule has 0 saturated carbocycles. The van der Waals surface area contributed by atoms with Crippen LogP contribution in [0.5, 0.6) is 5.75 Å². The molecule has 1 N–H and O–H groups in total. The number of nitrogens with one attached hydrogen (secondary N) is 1. The maximum atomic E-state index is 12.4. The Balaban J connectivity index is 1.76. The fraction of sp³-hybridized carbons (Fsp3) is 0.136. The maximum absolute atomic E-state index is 12.4. The number of carbonyl (C=O) groups excluding carboxylic acids is 1. The molecule has 3 aromatic rings. The molecule has 0 aliphatic carbocycles. The molecule has 0 aliphatic heterocycles. The molecule has 1 amide bonds. The molecule has 0 bridgehead atoms. The van der Waals surface area contributed by atoms with Crippen molar-refractivity contribution in [3.63, 3.8) is 0 Å². The Morgan fingerprint density at radius 2 is 1.71 bits per heavy atom. The summed E-state index contributed by atoms with van der Waals surface area (Å²) in [6.07, 6.45) is 0.592. The summed E-state index contributed by atoms with van der Waals surface area (Å²) in [7, 11) is 1.61. The summed E-state index contributed by atoms with van der Waals surface area (Å²) in [6.45, 7) is 0. The topological polar surface area (TPSA) is 81.5 Å². The number of ether oxygens (including phenoxy) is 1. The van der Waals surface area contributed by atoms with E-state index < -0.39 is 4.92 Å². The summed E-state index contributed by atoms with van der Waals surface area (Å²) in [5.74, 6) is 0.422. The van der Waals surface area contributed by atoms with E-state index in [2.05, 4.69) is 5.32 Å². The molecule has 0 radical (unpaired) electrons. The van der Waals surface area contributed by atoms with Crippen LogP contribution in [-0.2, 0) is 17.6 Å². The Bertz CT molecular complexity index is 987. The first-order valence-electron chi connectivity index (χ1n) is 8.80. The van der Waals surface area contributed by atoms with Gasteiger partial charge in [0.15, 0.2) is 0 Å². The first kappa shape index (κ1) is 19.1. The number of nitro groups is 1. The highest BCUT2D eigenvalue weighted by Gasteiger charge is 2.16. The molecular weight excluding hydrogens is 356 g/mol.